The number of hydrogen-bond acceptors (Lipinski definition) is 12. The molecule has 0 heterocycles. The topological polar surface area (TPSA) is 142 Å². The van der Waals surface area contributed by atoms with Crippen LogP contribution in [0.25, 0.3) is 0 Å². The van der Waals surface area contributed by atoms with Gasteiger partial charge in [0.2, 0.25) is 0 Å². The van der Waals surface area contributed by atoms with Gasteiger partial charge in [0.15, 0.2) is 0 Å². The first-order chi connectivity index (χ1) is 20.4. The highest BCUT2D eigenvalue weighted by molar-refractivity contribution is 6.76. The summed E-state index contributed by atoms with van der Waals surface area (Å²) in [4.78, 5) is 56.5. The molecule has 44 heavy (non-hydrogen) atoms. The third-order valence-electron chi connectivity index (χ3n) is 11.5. The lowest BCUT2D eigenvalue weighted by Gasteiger charge is -2.45. The second-order valence-electron chi connectivity index (χ2n) is 15.2. The number of fused-ring (bicyclic) bond motifs is 2. The van der Waals surface area contributed by atoms with Gasteiger partial charge in [-0.3, -0.25) is 19.2 Å². The molecule has 0 aromatic heterocycles. The van der Waals surface area contributed by atoms with Gasteiger partial charge in [-0.05, 0) is 12.1 Å². The SMILES string of the molecule is COC(=O)C12C(OCOCC[Si](C)(C)C)C3(C(=O)OC)C4(C(=O)OC)C(OCOCC[Si](C)(C)C)C1(C(=O)OC)C2(C)C34C. The highest BCUT2D eigenvalue weighted by Crippen LogP contribution is 3.14. The van der Waals surface area contributed by atoms with Crippen LogP contribution in [0.3, 0.4) is 0 Å². The minimum absolute atomic E-state index is 0.293. The van der Waals surface area contributed by atoms with Crippen molar-refractivity contribution in [2.45, 2.75) is 77.4 Å². The van der Waals surface area contributed by atoms with Crippen LogP contribution in [0.15, 0.2) is 0 Å². The minimum atomic E-state index is -1.77. The van der Waals surface area contributed by atoms with Crippen LogP contribution in [0.4, 0.5) is 0 Å². The predicted molar refractivity (Wildman–Crippen MR) is 162 cm³/mol. The lowest BCUT2D eigenvalue weighted by molar-refractivity contribution is -0.230. The molecule has 0 N–H and O–H groups in total. The van der Waals surface area contributed by atoms with Crippen LogP contribution in [-0.4, -0.2) is 107 Å². The van der Waals surface area contributed by atoms with Crippen LogP contribution in [0, 0.1) is 32.5 Å². The number of carbonyl (C=O) groups is 4. The largest absolute Gasteiger partial charge is 0.468 e. The van der Waals surface area contributed by atoms with E-state index in [1.54, 1.807) is 13.8 Å². The summed E-state index contributed by atoms with van der Waals surface area (Å²) in [5.74, 6) is -3.11. The summed E-state index contributed by atoms with van der Waals surface area (Å²) in [6, 6.07) is 1.71. The fourth-order valence-electron chi connectivity index (χ4n) is 9.80. The van der Waals surface area contributed by atoms with Crippen molar-refractivity contribution in [3.63, 3.8) is 0 Å². The molecule has 0 aromatic rings. The van der Waals surface area contributed by atoms with Gasteiger partial charge < -0.3 is 37.9 Å². The van der Waals surface area contributed by atoms with Crippen LogP contribution in [0.1, 0.15) is 13.8 Å². The Morgan fingerprint density at radius 2 is 0.773 bits per heavy atom. The van der Waals surface area contributed by atoms with Crippen molar-refractivity contribution in [1.82, 2.24) is 0 Å². The van der Waals surface area contributed by atoms with Crippen molar-refractivity contribution >= 4 is 40.0 Å². The van der Waals surface area contributed by atoms with Crippen LogP contribution < -0.4 is 0 Å². The quantitative estimate of drug-likeness (QED) is 0.0791. The standard InChI is InChI=1S/C30H50O12Si2/c1-25-26(2)29(23(33)37-5)19(41-17-39-13-15-43(7,8)9)27(25,21(31)35-3)28(25,22(32)36-4)20(30(26,29)24(34)38-6)42-18-40-14-16-44(10,11)12/h19-20H,13-18H2,1-12H3. The molecule has 0 bridgehead atoms. The third kappa shape index (κ3) is 3.58. The molecule has 0 aliphatic heterocycles. The molecule has 4 rings (SSSR count). The summed E-state index contributed by atoms with van der Waals surface area (Å²) in [5, 5.41) is 0. The van der Waals surface area contributed by atoms with Crippen LogP contribution in [0.2, 0.25) is 51.4 Å². The smallest absolute Gasteiger partial charge is 0.316 e. The van der Waals surface area contributed by atoms with E-state index in [-0.39, 0.29) is 13.6 Å². The fourth-order valence-corrected chi connectivity index (χ4v) is 11.3. The zero-order chi connectivity index (χ0) is 33.4. The van der Waals surface area contributed by atoms with Crippen molar-refractivity contribution < 1.29 is 57.1 Å². The van der Waals surface area contributed by atoms with E-state index in [4.69, 9.17) is 37.9 Å². The Labute approximate surface area is 262 Å². The molecule has 4 saturated carbocycles. The molecule has 0 spiro atoms. The van der Waals surface area contributed by atoms with Crippen molar-refractivity contribution in [2.24, 2.45) is 32.5 Å². The number of hydrogen-bond donors (Lipinski definition) is 0. The molecular formula is C30H50O12Si2. The van der Waals surface area contributed by atoms with E-state index in [9.17, 15) is 19.2 Å². The molecule has 0 radical (unpaired) electrons. The Hall–Kier alpha value is -1.85. The van der Waals surface area contributed by atoms with Gasteiger partial charge in [-0.2, -0.15) is 0 Å². The lowest BCUT2D eigenvalue weighted by atomic mass is 9.64. The maximum atomic E-state index is 14.1. The van der Waals surface area contributed by atoms with Gasteiger partial charge in [-0.1, -0.05) is 53.1 Å². The van der Waals surface area contributed by atoms with E-state index >= 15 is 0 Å². The zero-order valence-corrected chi connectivity index (χ0v) is 30.3. The van der Waals surface area contributed by atoms with Gasteiger partial charge in [0.25, 0.3) is 0 Å². The molecule has 250 valence electrons. The van der Waals surface area contributed by atoms with Gasteiger partial charge >= 0.3 is 23.9 Å². The van der Waals surface area contributed by atoms with Gasteiger partial charge in [-0.25, -0.2) is 0 Å². The molecule has 0 amide bonds. The zero-order valence-electron chi connectivity index (χ0n) is 28.3. The number of esters is 4. The van der Waals surface area contributed by atoms with Gasteiger partial charge in [-0.15, -0.1) is 0 Å². The minimum Gasteiger partial charge on any atom is -0.468 e. The summed E-state index contributed by atoms with van der Waals surface area (Å²) < 4.78 is 45.9. The lowest BCUT2D eigenvalue weighted by Crippen LogP contribution is -2.63. The first-order valence-electron chi connectivity index (χ1n) is 15.1. The second-order valence-corrected chi connectivity index (χ2v) is 26.5. The Balaban J connectivity index is 1.88. The van der Waals surface area contributed by atoms with E-state index < -0.39 is 84.7 Å². The summed E-state index contributed by atoms with van der Waals surface area (Å²) in [7, 11) is 1.97. The molecule has 4 fully saturated rings. The number of methoxy groups -OCH3 is 4. The van der Waals surface area contributed by atoms with E-state index in [1.807, 2.05) is 0 Å². The molecule has 4 aliphatic carbocycles. The molecule has 0 aromatic carbocycles. The van der Waals surface area contributed by atoms with E-state index in [0.29, 0.717) is 13.2 Å². The Morgan fingerprint density at radius 3 is 0.977 bits per heavy atom. The molecule has 12 nitrogen and oxygen atoms in total. The summed E-state index contributed by atoms with van der Waals surface area (Å²) in [6.07, 6.45) is -2.72. The summed E-state index contributed by atoms with van der Waals surface area (Å²) in [6.45, 7) is 16.9. The van der Waals surface area contributed by atoms with Gasteiger partial charge in [0, 0.05) is 40.2 Å². The van der Waals surface area contributed by atoms with Crippen molar-refractivity contribution in [3.8, 4) is 0 Å². The van der Waals surface area contributed by atoms with E-state index in [1.165, 1.54) is 28.4 Å². The normalized spacial score (nSPS) is 39.4. The van der Waals surface area contributed by atoms with Crippen molar-refractivity contribution in [1.29, 1.82) is 0 Å². The molecule has 14 heteroatoms. The van der Waals surface area contributed by atoms with Crippen molar-refractivity contribution in [3.05, 3.63) is 0 Å². The average molecular weight is 659 g/mol. The Morgan fingerprint density at radius 1 is 0.523 bits per heavy atom. The average Bonchev–Trinajstić information content (AvgIpc) is 3.66. The maximum absolute atomic E-state index is 14.1. The van der Waals surface area contributed by atoms with E-state index in [0.717, 1.165) is 12.1 Å². The Bertz CT molecular complexity index is 1060. The van der Waals surface area contributed by atoms with Crippen LogP contribution in [-0.2, 0) is 57.1 Å². The summed E-state index contributed by atoms with van der Waals surface area (Å²) in [5.41, 5.74) is -9.89. The highest BCUT2D eigenvalue weighted by Gasteiger charge is 3.27. The number of rotatable bonds is 16. The molecule has 4 unspecified atom stereocenters. The first kappa shape index (κ1) is 35.0. The van der Waals surface area contributed by atoms with Gasteiger partial charge in [0.1, 0.15) is 35.2 Å². The first-order valence-corrected chi connectivity index (χ1v) is 22.5. The number of carbonyl (C=O) groups excluding carboxylic acids is 4. The third-order valence-corrected chi connectivity index (χ3v) is 14.9. The van der Waals surface area contributed by atoms with Crippen LogP contribution >= 0.6 is 0 Å². The van der Waals surface area contributed by atoms with Crippen LogP contribution in [0.5, 0.6) is 0 Å². The second kappa shape index (κ2) is 10.9. The Kier molecular flexibility index (Phi) is 8.65. The molecule has 0 saturated heterocycles. The maximum Gasteiger partial charge on any atom is 0.316 e. The van der Waals surface area contributed by atoms with E-state index in [2.05, 4.69) is 39.3 Å². The molecule has 4 atom stereocenters. The monoisotopic (exact) mass is 658 g/mol. The predicted octanol–water partition coefficient (Wildman–Crippen LogP) is 3.09. The van der Waals surface area contributed by atoms with Crippen molar-refractivity contribution in [2.75, 3.05) is 55.2 Å². The highest BCUT2D eigenvalue weighted by atomic mass is 28.3. The fraction of sp³-hybridized carbons (Fsp3) is 0.867. The molecular weight excluding hydrogens is 608 g/mol. The molecule has 4 aliphatic rings. The number of ether oxygens (including phenoxy) is 8. The summed E-state index contributed by atoms with van der Waals surface area (Å²) >= 11 is 0. The van der Waals surface area contributed by atoms with Gasteiger partial charge in [0.05, 0.1) is 40.6 Å².